The van der Waals surface area contributed by atoms with Crippen LogP contribution in [0.15, 0.2) is 18.2 Å². The Morgan fingerprint density at radius 2 is 2.25 bits per heavy atom. The van der Waals surface area contributed by atoms with Gasteiger partial charge in [-0.1, -0.05) is 25.3 Å². The highest BCUT2D eigenvalue weighted by molar-refractivity contribution is 5.35. The molecule has 62 valence electrons. The van der Waals surface area contributed by atoms with Crippen LogP contribution >= 0.6 is 0 Å². The van der Waals surface area contributed by atoms with Gasteiger partial charge in [0.15, 0.2) is 0 Å². The Balaban J connectivity index is 2.97. The third-order valence-corrected chi connectivity index (χ3v) is 1.74. The maximum atomic E-state index is 13.1. The molecule has 0 aromatic heterocycles. The Morgan fingerprint density at radius 3 is 2.75 bits per heavy atom. The lowest BCUT2D eigenvalue weighted by atomic mass is 10.1. The van der Waals surface area contributed by atoms with E-state index in [0.717, 1.165) is 18.4 Å². The van der Waals surface area contributed by atoms with Gasteiger partial charge in [0, 0.05) is 5.56 Å². The lowest BCUT2D eigenvalue weighted by molar-refractivity contribution is 0.607. The number of rotatable bonds is 2. The molecule has 0 atom stereocenters. The highest BCUT2D eigenvalue weighted by Crippen LogP contribution is 2.11. The van der Waals surface area contributed by atoms with E-state index in [-0.39, 0.29) is 5.82 Å². The highest BCUT2D eigenvalue weighted by Gasteiger charge is 2.00. The smallest absolute Gasteiger partial charge is 0.127 e. The molecule has 0 N–H and O–H groups in total. The molecular formula is C11H11F. The quantitative estimate of drug-likeness (QED) is 0.586. The molecule has 0 spiro atoms. The van der Waals surface area contributed by atoms with E-state index < -0.39 is 0 Å². The lowest BCUT2D eigenvalue weighted by Crippen LogP contribution is -1.90. The molecule has 0 bridgehead atoms. The topological polar surface area (TPSA) is 0 Å². The molecule has 0 aliphatic rings. The van der Waals surface area contributed by atoms with Crippen LogP contribution in [0, 0.1) is 18.2 Å². The molecule has 0 nitrogen and oxygen atoms in total. The average molecular weight is 162 g/mol. The summed E-state index contributed by atoms with van der Waals surface area (Å²) in [6.07, 6.45) is 6.85. The first kappa shape index (κ1) is 8.80. The van der Waals surface area contributed by atoms with Gasteiger partial charge in [0.05, 0.1) is 0 Å². The average Bonchev–Trinajstić information content (AvgIpc) is 2.09. The van der Waals surface area contributed by atoms with Crippen LogP contribution in [0.4, 0.5) is 4.39 Å². The first-order chi connectivity index (χ1) is 5.77. The summed E-state index contributed by atoms with van der Waals surface area (Å²) in [5, 5.41) is 0. The number of halogens is 1. The monoisotopic (exact) mass is 162 g/mol. The van der Waals surface area contributed by atoms with Crippen molar-refractivity contribution < 1.29 is 4.39 Å². The fourth-order valence-electron chi connectivity index (χ4n) is 1.11. The Bertz CT molecular complexity index is 307. The second kappa shape index (κ2) is 3.92. The van der Waals surface area contributed by atoms with Crippen molar-refractivity contribution in [3.8, 4) is 12.3 Å². The predicted octanol–water partition coefficient (Wildman–Crippen LogP) is 2.76. The first-order valence-electron chi connectivity index (χ1n) is 4.03. The van der Waals surface area contributed by atoms with E-state index in [4.69, 9.17) is 6.42 Å². The van der Waals surface area contributed by atoms with E-state index in [1.165, 1.54) is 6.07 Å². The van der Waals surface area contributed by atoms with Crippen molar-refractivity contribution >= 4 is 0 Å². The van der Waals surface area contributed by atoms with Crippen LogP contribution in [-0.4, -0.2) is 0 Å². The van der Waals surface area contributed by atoms with Crippen LogP contribution in [0.5, 0.6) is 0 Å². The molecule has 0 radical (unpaired) electrons. The van der Waals surface area contributed by atoms with Gasteiger partial charge >= 0.3 is 0 Å². The summed E-state index contributed by atoms with van der Waals surface area (Å²) in [5.74, 6) is 2.21. The normalized spacial score (nSPS) is 9.42. The predicted molar refractivity (Wildman–Crippen MR) is 48.3 cm³/mol. The fourth-order valence-corrected chi connectivity index (χ4v) is 1.11. The molecule has 0 heterocycles. The SMILES string of the molecule is C#Cc1ccc(CCC)c(F)c1. The molecule has 0 amide bonds. The van der Waals surface area contributed by atoms with Crippen molar-refractivity contribution in [2.75, 3.05) is 0 Å². The molecule has 12 heavy (non-hydrogen) atoms. The van der Waals surface area contributed by atoms with E-state index in [0.29, 0.717) is 5.56 Å². The third-order valence-electron chi connectivity index (χ3n) is 1.74. The molecule has 1 rings (SSSR count). The number of hydrogen-bond acceptors (Lipinski definition) is 0. The number of terminal acetylenes is 1. The summed E-state index contributed by atoms with van der Waals surface area (Å²) in [7, 11) is 0. The fraction of sp³-hybridized carbons (Fsp3) is 0.273. The maximum absolute atomic E-state index is 13.1. The first-order valence-corrected chi connectivity index (χ1v) is 4.03. The second-order valence-corrected chi connectivity index (χ2v) is 2.70. The Labute approximate surface area is 72.4 Å². The lowest BCUT2D eigenvalue weighted by Gasteiger charge is -2.00. The standard InChI is InChI=1S/C11H11F/c1-3-5-10-7-6-9(4-2)8-11(10)12/h2,6-8H,3,5H2,1H3. The molecule has 1 aromatic rings. The molecule has 0 aliphatic heterocycles. The Hall–Kier alpha value is -1.29. The molecule has 0 saturated heterocycles. The minimum Gasteiger partial charge on any atom is -0.207 e. The summed E-state index contributed by atoms with van der Waals surface area (Å²) in [4.78, 5) is 0. The summed E-state index contributed by atoms with van der Waals surface area (Å²) in [5.41, 5.74) is 1.35. The summed E-state index contributed by atoms with van der Waals surface area (Å²) >= 11 is 0. The zero-order valence-corrected chi connectivity index (χ0v) is 7.10. The van der Waals surface area contributed by atoms with E-state index in [9.17, 15) is 4.39 Å². The number of hydrogen-bond donors (Lipinski definition) is 0. The third kappa shape index (κ3) is 1.85. The van der Waals surface area contributed by atoms with Gasteiger partial charge in [-0.2, -0.15) is 0 Å². The van der Waals surface area contributed by atoms with Crippen LogP contribution in [0.25, 0.3) is 0 Å². The summed E-state index contributed by atoms with van der Waals surface area (Å²) in [6.45, 7) is 2.02. The van der Waals surface area contributed by atoms with E-state index in [1.54, 1.807) is 12.1 Å². The van der Waals surface area contributed by atoms with Crippen LogP contribution < -0.4 is 0 Å². The molecular weight excluding hydrogens is 151 g/mol. The highest BCUT2D eigenvalue weighted by atomic mass is 19.1. The number of benzene rings is 1. The van der Waals surface area contributed by atoms with Gasteiger partial charge in [-0.05, 0) is 24.1 Å². The van der Waals surface area contributed by atoms with Crippen molar-refractivity contribution in [3.05, 3.63) is 35.1 Å². The molecule has 0 fully saturated rings. The molecule has 0 unspecified atom stereocenters. The van der Waals surface area contributed by atoms with Crippen LogP contribution in [0.3, 0.4) is 0 Å². The van der Waals surface area contributed by atoms with Gasteiger partial charge in [0.1, 0.15) is 5.82 Å². The van der Waals surface area contributed by atoms with E-state index in [2.05, 4.69) is 5.92 Å². The summed E-state index contributed by atoms with van der Waals surface area (Å²) < 4.78 is 13.1. The molecule has 0 aliphatic carbocycles. The van der Waals surface area contributed by atoms with Gasteiger partial charge in [-0.25, -0.2) is 4.39 Å². The Morgan fingerprint density at radius 1 is 1.50 bits per heavy atom. The van der Waals surface area contributed by atoms with Gasteiger partial charge in [0.2, 0.25) is 0 Å². The Kier molecular flexibility index (Phi) is 2.88. The zero-order valence-electron chi connectivity index (χ0n) is 7.10. The van der Waals surface area contributed by atoms with Gasteiger partial charge < -0.3 is 0 Å². The number of aryl methyl sites for hydroxylation is 1. The van der Waals surface area contributed by atoms with Gasteiger partial charge in [-0.15, -0.1) is 6.42 Å². The van der Waals surface area contributed by atoms with Crippen LogP contribution in [0.2, 0.25) is 0 Å². The second-order valence-electron chi connectivity index (χ2n) is 2.70. The minimum absolute atomic E-state index is 0.188. The molecule has 0 saturated carbocycles. The largest absolute Gasteiger partial charge is 0.207 e. The molecule has 1 aromatic carbocycles. The van der Waals surface area contributed by atoms with Crippen molar-refractivity contribution in [2.24, 2.45) is 0 Å². The van der Waals surface area contributed by atoms with Crippen molar-refractivity contribution in [2.45, 2.75) is 19.8 Å². The van der Waals surface area contributed by atoms with E-state index in [1.807, 2.05) is 6.92 Å². The van der Waals surface area contributed by atoms with Crippen molar-refractivity contribution in [1.29, 1.82) is 0 Å². The van der Waals surface area contributed by atoms with Crippen LogP contribution in [-0.2, 0) is 6.42 Å². The zero-order chi connectivity index (χ0) is 8.97. The van der Waals surface area contributed by atoms with Crippen molar-refractivity contribution in [1.82, 2.24) is 0 Å². The van der Waals surface area contributed by atoms with Gasteiger partial charge in [0.25, 0.3) is 0 Å². The van der Waals surface area contributed by atoms with Gasteiger partial charge in [-0.3, -0.25) is 0 Å². The van der Waals surface area contributed by atoms with E-state index >= 15 is 0 Å². The summed E-state index contributed by atoms with van der Waals surface area (Å²) in [6, 6.07) is 4.94. The minimum atomic E-state index is -0.188. The molecule has 1 heteroatoms. The van der Waals surface area contributed by atoms with Crippen LogP contribution in [0.1, 0.15) is 24.5 Å². The maximum Gasteiger partial charge on any atom is 0.127 e. The van der Waals surface area contributed by atoms with Crippen molar-refractivity contribution in [3.63, 3.8) is 0 Å².